The molecule has 0 aromatic heterocycles. The van der Waals surface area contributed by atoms with Crippen molar-refractivity contribution in [3.05, 3.63) is 0 Å². The van der Waals surface area contributed by atoms with Crippen LogP contribution in [0.5, 0.6) is 0 Å². The normalized spacial score (nSPS) is 22.3. The molecule has 0 amide bonds. The molecule has 7 N–H and O–H groups in total. The second kappa shape index (κ2) is 8.16. The van der Waals surface area contributed by atoms with E-state index in [9.17, 15) is 35.4 Å². The molecule has 108 valence electrons. The monoisotopic (exact) mass is 276 g/mol. The Bertz CT molecular complexity index is 285. The van der Waals surface area contributed by atoms with Crippen molar-refractivity contribution < 1.29 is 64.5 Å². The molecule has 0 rings (SSSR count). The molecule has 0 saturated carbocycles. The maximum absolute atomic E-state index is 10.5. The van der Waals surface area contributed by atoms with Gasteiger partial charge < -0.3 is 45.6 Å². The Hall–Kier alpha value is -0.213. The van der Waals surface area contributed by atoms with E-state index in [2.05, 4.69) is 0 Å². The van der Waals surface area contributed by atoms with Gasteiger partial charge in [0.05, 0.1) is 12.6 Å². The standard InChI is InChI=1S/C9H18O9.Li/c1-9(18,8(16)17)7(15)6(14)5(13)4(12)3(11)2-10;/h3-7,10-15,18H,2H2,1H3,(H,16,17);/q;+1/p-1. The van der Waals surface area contributed by atoms with Crippen molar-refractivity contribution in [1.29, 1.82) is 0 Å². The van der Waals surface area contributed by atoms with Crippen LogP contribution in [0.3, 0.4) is 0 Å². The summed E-state index contributed by atoms with van der Waals surface area (Å²) in [4.78, 5) is 10.5. The first-order valence-electron chi connectivity index (χ1n) is 5.02. The Morgan fingerprint density at radius 3 is 1.84 bits per heavy atom. The van der Waals surface area contributed by atoms with Gasteiger partial charge in [0.15, 0.2) is 0 Å². The van der Waals surface area contributed by atoms with E-state index in [-0.39, 0.29) is 18.9 Å². The van der Waals surface area contributed by atoms with Crippen molar-refractivity contribution in [2.45, 2.75) is 43.0 Å². The number of aliphatic carboxylic acids is 1. The molecule has 0 saturated heterocycles. The van der Waals surface area contributed by atoms with Crippen LogP contribution in [-0.2, 0) is 4.79 Å². The predicted octanol–water partition coefficient (Wildman–Crippen LogP) is -8.71. The van der Waals surface area contributed by atoms with Crippen molar-refractivity contribution in [2.75, 3.05) is 6.61 Å². The fourth-order valence-corrected chi connectivity index (χ4v) is 1.18. The zero-order chi connectivity index (χ0) is 14.7. The second-order valence-electron chi connectivity index (χ2n) is 4.10. The predicted molar refractivity (Wildman–Crippen MR) is 52.8 cm³/mol. The van der Waals surface area contributed by atoms with Crippen molar-refractivity contribution in [1.82, 2.24) is 0 Å². The molecule has 0 aliphatic carbocycles. The molecule has 10 heteroatoms. The van der Waals surface area contributed by atoms with Crippen LogP contribution in [0.15, 0.2) is 0 Å². The van der Waals surface area contributed by atoms with E-state index in [1.807, 2.05) is 0 Å². The van der Waals surface area contributed by atoms with Gasteiger partial charge in [-0.25, -0.2) is 0 Å². The van der Waals surface area contributed by atoms with Crippen LogP contribution >= 0.6 is 0 Å². The molecule has 6 unspecified atom stereocenters. The van der Waals surface area contributed by atoms with Gasteiger partial charge in [0, 0.05) is 0 Å². The molecule has 0 aliphatic heterocycles. The molecule has 19 heavy (non-hydrogen) atoms. The number of carbonyl (C=O) groups is 1. The summed E-state index contributed by atoms with van der Waals surface area (Å²) in [6, 6.07) is 0. The summed E-state index contributed by atoms with van der Waals surface area (Å²) in [6.07, 6.45) is -10.7. The number of hydrogen-bond acceptors (Lipinski definition) is 9. The number of carbonyl (C=O) groups excluding carboxylic acids is 1. The van der Waals surface area contributed by atoms with E-state index in [1.165, 1.54) is 0 Å². The average Bonchev–Trinajstić information content (AvgIpc) is 2.33. The number of hydrogen-bond donors (Lipinski definition) is 7. The zero-order valence-corrected chi connectivity index (χ0v) is 10.5. The number of rotatable bonds is 7. The van der Waals surface area contributed by atoms with Crippen LogP contribution in [0, 0.1) is 0 Å². The Morgan fingerprint density at radius 2 is 1.53 bits per heavy atom. The third kappa shape index (κ3) is 5.00. The van der Waals surface area contributed by atoms with Gasteiger partial charge in [-0.1, -0.05) is 0 Å². The summed E-state index contributed by atoms with van der Waals surface area (Å²) in [5, 5.41) is 74.6. The SMILES string of the molecule is CC(O)(C(=O)[O-])C(O)C(O)C(O)C(O)C(O)CO.[Li+]. The van der Waals surface area contributed by atoms with Crippen LogP contribution < -0.4 is 24.0 Å². The van der Waals surface area contributed by atoms with Crippen LogP contribution in [0.2, 0.25) is 0 Å². The van der Waals surface area contributed by atoms with Crippen LogP contribution in [-0.4, -0.2) is 84.4 Å². The van der Waals surface area contributed by atoms with Crippen molar-refractivity contribution in [2.24, 2.45) is 0 Å². The van der Waals surface area contributed by atoms with E-state index >= 15 is 0 Å². The molecular weight excluding hydrogens is 259 g/mol. The summed E-state index contributed by atoms with van der Waals surface area (Å²) in [7, 11) is 0. The molecule has 0 aromatic carbocycles. The van der Waals surface area contributed by atoms with Gasteiger partial charge >= 0.3 is 18.9 Å². The van der Waals surface area contributed by atoms with Gasteiger partial charge in [-0.15, -0.1) is 0 Å². The van der Waals surface area contributed by atoms with E-state index in [1.54, 1.807) is 0 Å². The number of aliphatic hydroxyl groups excluding tert-OH is 6. The summed E-state index contributed by atoms with van der Waals surface area (Å²) < 4.78 is 0. The van der Waals surface area contributed by atoms with Gasteiger partial charge in [0.25, 0.3) is 0 Å². The first-order chi connectivity index (χ1) is 8.07. The number of carboxylic acids is 1. The minimum absolute atomic E-state index is 0. The molecule has 9 nitrogen and oxygen atoms in total. The third-order valence-electron chi connectivity index (χ3n) is 2.59. The molecular formula is C9H17LiO9. The van der Waals surface area contributed by atoms with Crippen molar-refractivity contribution >= 4 is 5.97 Å². The summed E-state index contributed by atoms with van der Waals surface area (Å²) in [5.41, 5.74) is -2.87. The summed E-state index contributed by atoms with van der Waals surface area (Å²) in [6.45, 7) is -0.310. The molecule has 6 atom stereocenters. The Labute approximate surface area is 120 Å². The quantitative estimate of drug-likeness (QED) is 0.222. The van der Waals surface area contributed by atoms with E-state index in [4.69, 9.17) is 10.2 Å². The molecule has 0 radical (unpaired) electrons. The van der Waals surface area contributed by atoms with Gasteiger partial charge in [-0.3, -0.25) is 0 Å². The Morgan fingerprint density at radius 1 is 1.11 bits per heavy atom. The first kappa shape index (κ1) is 21.1. The molecule has 0 aromatic rings. The maximum Gasteiger partial charge on any atom is 1.00 e. The topological polar surface area (TPSA) is 182 Å². The molecule has 0 aliphatic rings. The van der Waals surface area contributed by atoms with E-state index in [0.717, 1.165) is 0 Å². The van der Waals surface area contributed by atoms with Gasteiger partial charge in [0.2, 0.25) is 0 Å². The van der Waals surface area contributed by atoms with Crippen LogP contribution in [0.1, 0.15) is 6.92 Å². The molecule has 0 bridgehead atoms. The van der Waals surface area contributed by atoms with Crippen molar-refractivity contribution in [3.63, 3.8) is 0 Å². The maximum atomic E-state index is 10.5. The van der Waals surface area contributed by atoms with Gasteiger partial charge in [-0.2, -0.15) is 0 Å². The smallest absolute Gasteiger partial charge is 0.547 e. The van der Waals surface area contributed by atoms with Gasteiger partial charge in [-0.05, 0) is 6.92 Å². The summed E-state index contributed by atoms with van der Waals surface area (Å²) in [5.74, 6) is -2.10. The van der Waals surface area contributed by atoms with Crippen LogP contribution in [0.25, 0.3) is 0 Å². The number of carboxylic acid groups (broad SMARTS) is 1. The van der Waals surface area contributed by atoms with Crippen molar-refractivity contribution in [3.8, 4) is 0 Å². The largest absolute Gasteiger partial charge is 1.00 e. The third-order valence-corrected chi connectivity index (χ3v) is 2.59. The zero-order valence-electron chi connectivity index (χ0n) is 10.5. The van der Waals surface area contributed by atoms with E-state index < -0.39 is 48.7 Å². The molecule has 0 heterocycles. The fraction of sp³-hybridized carbons (Fsp3) is 0.889. The van der Waals surface area contributed by atoms with Gasteiger partial charge in [0.1, 0.15) is 36.1 Å². The van der Waals surface area contributed by atoms with Crippen LogP contribution in [0.4, 0.5) is 0 Å². The van der Waals surface area contributed by atoms with E-state index in [0.29, 0.717) is 6.92 Å². The minimum Gasteiger partial charge on any atom is -0.547 e. The molecule has 0 spiro atoms. The fourth-order valence-electron chi connectivity index (χ4n) is 1.18. The first-order valence-corrected chi connectivity index (χ1v) is 5.02. The Kier molecular flexibility index (Phi) is 9.06. The minimum atomic E-state index is -2.87. The molecule has 0 fully saturated rings. The second-order valence-corrected chi connectivity index (χ2v) is 4.10. The number of aliphatic hydroxyl groups is 7. The summed E-state index contributed by atoms with van der Waals surface area (Å²) >= 11 is 0. The average molecular weight is 276 g/mol. The Balaban J connectivity index is 0.